The molecular weight excluding hydrogens is 654 g/mol. The first-order valence-corrected chi connectivity index (χ1v) is 18.6. The fourth-order valence-electron chi connectivity index (χ4n) is 5.96. The number of unbranched alkanes of at least 4 members (excludes halogenated alkanes) is 10. The van der Waals surface area contributed by atoms with Crippen LogP contribution in [0.4, 0.5) is 0 Å². The molecule has 12 atom stereocenters. The zero-order chi connectivity index (χ0) is 36.9. The van der Waals surface area contributed by atoms with Gasteiger partial charge in [-0.05, 0) is 25.7 Å². The van der Waals surface area contributed by atoms with Crippen LogP contribution >= 0.6 is 0 Å². The maximum atomic E-state index is 12.9. The van der Waals surface area contributed by atoms with E-state index in [9.17, 15) is 45.6 Å². The van der Waals surface area contributed by atoms with Crippen molar-refractivity contribution >= 4 is 5.91 Å². The highest BCUT2D eigenvalue weighted by atomic mass is 16.7. The predicted octanol–water partition coefficient (Wildman–Crippen LogP) is 1.09. The molecule has 14 nitrogen and oxygen atoms in total. The molecule has 0 aromatic rings. The second-order valence-corrected chi connectivity index (χ2v) is 13.3. The van der Waals surface area contributed by atoms with Crippen LogP contribution in [-0.2, 0) is 23.7 Å². The van der Waals surface area contributed by atoms with E-state index in [0.717, 1.165) is 38.5 Å². The largest absolute Gasteiger partial charge is 0.394 e. The Kier molecular flexibility index (Phi) is 22.7. The number of amides is 1. The lowest BCUT2D eigenvalue weighted by molar-refractivity contribution is -0.359. The van der Waals surface area contributed by atoms with E-state index in [4.69, 9.17) is 18.9 Å². The topological polar surface area (TPSA) is 228 Å². The summed E-state index contributed by atoms with van der Waals surface area (Å²) in [6.07, 6.45) is 4.35. The Labute approximate surface area is 297 Å². The van der Waals surface area contributed by atoms with Crippen LogP contribution in [-0.4, -0.2) is 140 Å². The van der Waals surface area contributed by atoms with Crippen LogP contribution in [0, 0.1) is 0 Å². The van der Waals surface area contributed by atoms with Gasteiger partial charge in [-0.15, -0.1) is 0 Å². The lowest BCUT2D eigenvalue weighted by atomic mass is 9.97. The van der Waals surface area contributed by atoms with Crippen LogP contribution in [0.5, 0.6) is 0 Å². The number of rotatable bonds is 25. The molecule has 0 aliphatic carbocycles. The van der Waals surface area contributed by atoms with Crippen LogP contribution in [0.3, 0.4) is 0 Å². The Morgan fingerprint density at radius 1 is 0.700 bits per heavy atom. The predicted molar refractivity (Wildman–Crippen MR) is 185 cm³/mol. The number of nitrogens with one attached hydrogen (secondary N) is 1. The van der Waals surface area contributed by atoms with Gasteiger partial charge in [0, 0.05) is 6.42 Å². The van der Waals surface area contributed by atoms with Gasteiger partial charge in [-0.1, -0.05) is 95.9 Å². The number of carbonyl (C=O) groups excluding carboxylic acids is 1. The van der Waals surface area contributed by atoms with Crippen LogP contribution in [0.15, 0.2) is 24.3 Å². The van der Waals surface area contributed by atoms with Crippen LogP contribution in [0.2, 0.25) is 0 Å². The van der Waals surface area contributed by atoms with Crippen LogP contribution < -0.4 is 5.32 Å². The third kappa shape index (κ3) is 15.2. The van der Waals surface area contributed by atoms with E-state index in [1.165, 1.54) is 32.1 Å². The van der Waals surface area contributed by atoms with E-state index in [1.807, 2.05) is 6.08 Å². The second kappa shape index (κ2) is 25.4. The molecule has 0 radical (unpaired) electrons. The normalized spacial score (nSPS) is 31.7. The van der Waals surface area contributed by atoms with Gasteiger partial charge in [-0.2, -0.15) is 0 Å². The lowest BCUT2D eigenvalue weighted by Crippen LogP contribution is -2.65. The minimum atomic E-state index is -1.78. The van der Waals surface area contributed by atoms with Crippen molar-refractivity contribution in [2.24, 2.45) is 0 Å². The molecule has 2 rings (SSSR count). The molecule has 2 aliphatic rings. The summed E-state index contributed by atoms with van der Waals surface area (Å²) < 4.78 is 22.4. The molecule has 12 unspecified atom stereocenters. The summed E-state index contributed by atoms with van der Waals surface area (Å²) in [5.41, 5.74) is 0. The molecule has 0 aromatic heterocycles. The zero-order valence-electron chi connectivity index (χ0n) is 29.9. The van der Waals surface area contributed by atoms with E-state index in [-0.39, 0.29) is 18.9 Å². The molecule has 0 spiro atoms. The highest BCUT2D eigenvalue weighted by Gasteiger charge is 2.50. The van der Waals surface area contributed by atoms with Crippen molar-refractivity contribution in [3.05, 3.63) is 24.3 Å². The average Bonchev–Trinajstić information content (AvgIpc) is 3.11. The first kappa shape index (κ1) is 44.6. The molecule has 0 bridgehead atoms. The molecule has 2 aliphatic heterocycles. The van der Waals surface area contributed by atoms with Crippen LogP contribution in [0.1, 0.15) is 104 Å². The number of hydrogen-bond donors (Lipinski definition) is 9. The van der Waals surface area contributed by atoms with Gasteiger partial charge in [0.15, 0.2) is 12.6 Å². The van der Waals surface area contributed by atoms with Gasteiger partial charge in [-0.25, -0.2) is 0 Å². The Bertz CT molecular complexity index is 951. The minimum absolute atomic E-state index is 0.261. The fraction of sp³-hybridized carbons (Fsp3) is 0.861. The third-order valence-electron chi connectivity index (χ3n) is 9.12. The number of aliphatic hydroxyl groups excluding tert-OH is 8. The van der Waals surface area contributed by atoms with Gasteiger partial charge in [0.25, 0.3) is 0 Å². The van der Waals surface area contributed by atoms with Crippen molar-refractivity contribution in [1.29, 1.82) is 0 Å². The van der Waals surface area contributed by atoms with Gasteiger partial charge in [-0.3, -0.25) is 4.79 Å². The van der Waals surface area contributed by atoms with Gasteiger partial charge >= 0.3 is 0 Å². The Balaban J connectivity index is 1.99. The summed E-state index contributed by atoms with van der Waals surface area (Å²) in [6, 6.07) is -0.920. The van der Waals surface area contributed by atoms with E-state index < -0.39 is 86.8 Å². The van der Waals surface area contributed by atoms with E-state index in [1.54, 1.807) is 6.08 Å². The molecule has 2 saturated heterocycles. The van der Waals surface area contributed by atoms with Crippen molar-refractivity contribution in [3.8, 4) is 0 Å². The fourth-order valence-corrected chi connectivity index (χ4v) is 5.96. The summed E-state index contributed by atoms with van der Waals surface area (Å²) >= 11 is 0. The van der Waals surface area contributed by atoms with E-state index in [0.29, 0.717) is 12.8 Å². The van der Waals surface area contributed by atoms with Crippen molar-refractivity contribution < 1.29 is 64.6 Å². The number of ether oxygens (including phenoxy) is 4. The first-order chi connectivity index (χ1) is 24.1. The monoisotopic (exact) mass is 719 g/mol. The number of aliphatic hydroxyl groups is 8. The molecule has 1 amide bonds. The molecule has 0 saturated carbocycles. The summed E-state index contributed by atoms with van der Waals surface area (Å²) in [5, 5.41) is 85.6. The zero-order valence-corrected chi connectivity index (χ0v) is 29.9. The highest BCUT2D eigenvalue weighted by Crippen LogP contribution is 2.29. The van der Waals surface area contributed by atoms with Crippen molar-refractivity contribution in [3.63, 3.8) is 0 Å². The van der Waals surface area contributed by atoms with E-state index >= 15 is 0 Å². The molecule has 292 valence electrons. The lowest BCUT2D eigenvalue weighted by Gasteiger charge is -2.46. The molecule has 9 N–H and O–H groups in total. The first-order valence-electron chi connectivity index (χ1n) is 18.6. The number of carbonyl (C=O) groups is 1. The van der Waals surface area contributed by atoms with Gasteiger partial charge in [0.2, 0.25) is 5.91 Å². The van der Waals surface area contributed by atoms with Gasteiger partial charge in [0.05, 0.1) is 32.0 Å². The highest BCUT2D eigenvalue weighted by molar-refractivity contribution is 5.76. The SMILES string of the molecule is CCC/C=C/CC/C=C/C(O)C(COC1OC(CO)C(OC2OC(CO)C(O)C(O)C2O)C(O)C1O)NC(=O)CCCCCCCCCCC. The molecule has 50 heavy (non-hydrogen) atoms. The molecule has 14 heteroatoms. The number of allylic oxidation sites excluding steroid dienone is 3. The summed E-state index contributed by atoms with van der Waals surface area (Å²) in [4.78, 5) is 12.9. The van der Waals surface area contributed by atoms with Gasteiger partial charge in [0.1, 0.15) is 48.8 Å². The minimum Gasteiger partial charge on any atom is -0.394 e. The van der Waals surface area contributed by atoms with Crippen molar-refractivity contribution in [2.45, 2.75) is 177 Å². The standard InChI is InChI=1S/C36H65NO13/c1-3-5-7-9-11-12-14-16-18-20-28(41)37-24(25(40)19-17-15-13-10-8-6-4-2)23-47-35-33(46)31(44)34(27(22-39)49-35)50-36-32(45)30(43)29(42)26(21-38)48-36/h8,10,17,19,24-27,29-36,38-40,42-46H,3-7,9,11-16,18,20-23H2,1-2H3,(H,37,41)/b10-8+,19-17+. The second-order valence-electron chi connectivity index (χ2n) is 13.3. The average molecular weight is 720 g/mol. The van der Waals surface area contributed by atoms with Crippen molar-refractivity contribution in [2.75, 3.05) is 19.8 Å². The summed E-state index contributed by atoms with van der Waals surface area (Å²) in [6.45, 7) is 2.56. The Morgan fingerprint density at radius 3 is 1.92 bits per heavy atom. The third-order valence-corrected chi connectivity index (χ3v) is 9.12. The Hall–Kier alpha value is -1.53. The molecular formula is C36H65NO13. The smallest absolute Gasteiger partial charge is 0.220 e. The summed E-state index contributed by atoms with van der Waals surface area (Å²) in [7, 11) is 0. The van der Waals surface area contributed by atoms with Crippen LogP contribution in [0.25, 0.3) is 0 Å². The van der Waals surface area contributed by atoms with E-state index in [2.05, 4.69) is 31.3 Å². The van der Waals surface area contributed by atoms with Gasteiger partial charge < -0.3 is 65.1 Å². The molecule has 2 fully saturated rings. The quantitative estimate of drug-likeness (QED) is 0.0476. The maximum Gasteiger partial charge on any atom is 0.220 e. The Morgan fingerprint density at radius 2 is 1.28 bits per heavy atom. The van der Waals surface area contributed by atoms with Crippen molar-refractivity contribution in [1.82, 2.24) is 5.32 Å². The molecule has 2 heterocycles. The summed E-state index contributed by atoms with van der Waals surface area (Å²) in [5.74, 6) is -0.261. The molecule has 0 aromatic carbocycles. The maximum absolute atomic E-state index is 12.9. The number of hydrogen-bond acceptors (Lipinski definition) is 13.